The molecule has 3 rings (SSSR count). The van der Waals surface area contributed by atoms with Crippen molar-refractivity contribution in [2.75, 3.05) is 5.84 Å². The number of benzene rings is 1. The van der Waals surface area contributed by atoms with Crippen molar-refractivity contribution < 1.29 is 0 Å². The minimum atomic E-state index is 0.556. The van der Waals surface area contributed by atoms with Crippen LogP contribution in [-0.2, 0) is 0 Å². The fourth-order valence-electron chi connectivity index (χ4n) is 1.73. The van der Waals surface area contributed by atoms with Crippen LogP contribution >= 0.6 is 0 Å². The fraction of sp³-hybridized carbons (Fsp3) is 0.0909. The molecule has 0 fully saturated rings. The molecule has 0 spiro atoms. The molecule has 90 valence electrons. The van der Waals surface area contributed by atoms with E-state index < -0.39 is 0 Å². The van der Waals surface area contributed by atoms with Crippen LogP contribution in [0.3, 0.4) is 0 Å². The maximum absolute atomic E-state index is 5.73. The largest absolute Gasteiger partial charge is 0.338 e. The molecule has 0 saturated heterocycles. The van der Waals surface area contributed by atoms with Crippen LogP contribution in [-0.4, -0.2) is 30.3 Å². The monoisotopic (exact) mass is 241 g/mol. The van der Waals surface area contributed by atoms with E-state index in [4.69, 9.17) is 5.84 Å². The molecule has 2 heterocycles. The summed E-state index contributed by atoms with van der Waals surface area (Å²) in [5, 5.41) is 13.9. The Balaban J connectivity index is 2.06. The van der Waals surface area contributed by atoms with Gasteiger partial charge in [0, 0.05) is 11.1 Å². The van der Waals surface area contributed by atoms with Gasteiger partial charge in [0.15, 0.2) is 0 Å². The second kappa shape index (κ2) is 3.95. The Hall–Kier alpha value is -2.70. The summed E-state index contributed by atoms with van der Waals surface area (Å²) in [4.78, 5) is 4.38. The van der Waals surface area contributed by atoms with Gasteiger partial charge < -0.3 is 5.84 Å². The highest BCUT2D eigenvalue weighted by atomic mass is 15.5. The first kappa shape index (κ1) is 10.5. The number of aromatic amines is 1. The van der Waals surface area contributed by atoms with Gasteiger partial charge in [0.1, 0.15) is 5.82 Å². The summed E-state index contributed by atoms with van der Waals surface area (Å²) in [5.41, 5.74) is 2.66. The summed E-state index contributed by atoms with van der Waals surface area (Å²) in [6.07, 6.45) is 1.78. The minimum absolute atomic E-state index is 0.556. The van der Waals surface area contributed by atoms with Gasteiger partial charge in [-0.3, -0.25) is 4.68 Å². The van der Waals surface area contributed by atoms with E-state index in [1.54, 1.807) is 6.20 Å². The lowest BCUT2D eigenvalue weighted by molar-refractivity contribution is 0.881. The Bertz CT molecular complexity index is 649. The molecule has 0 radical (unpaired) electrons. The minimum Gasteiger partial charge on any atom is -0.338 e. The molecular weight excluding hydrogens is 230 g/mol. The van der Waals surface area contributed by atoms with Gasteiger partial charge in [0.25, 0.3) is 0 Å². The summed E-state index contributed by atoms with van der Waals surface area (Å²) in [7, 11) is 0. The van der Waals surface area contributed by atoms with Gasteiger partial charge in [-0.2, -0.15) is 5.21 Å². The topological polar surface area (TPSA) is 98.3 Å². The molecule has 0 amide bonds. The first-order valence-corrected chi connectivity index (χ1v) is 5.39. The zero-order chi connectivity index (χ0) is 12.5. The average molecular weight is 241 g/mol. The van der Waals surface area contributed by atoms with Crippen molar-refractivity contribution in [1.82, 2.24) is 30.3 Å². The van der Waals surface area contributed by atoms with Crippen LogP contribution < -0.4 is 5.84 Å². The molecule has 0 unspecified atom stereocenters. The lowest BCUT2D eigenvalue weighted by Gasteiger charge is -1.98. The van der Waals surface area contributed by atoms with Crippen molar-refractivity contribution >= 4 is 0 Å². The highest BCUT2D eigenvalue weighted by molar-refractivity contribution is 5.67. The molecule has 0 saturated carbocycles. The molecule has 18 heavy (non-hydrogen) atoms. The Morgan fingerprint density at radius 1 is 1.28 bits per heavy atom. The van der Waals surface area contributed by atoms with Crippen molar-refractivity contribution in [2.24, 2.45) is 0 Å². The Kier molecular flexibility index (Phi) is 2.30. The number of H-pyrrole nitrogens is 1. The number of hydrogen-bond donors (Lipinski definition) is 2. The third kappa shape index (κ3) is 1.71. The van der Waals surface area contributed by atoms with E-state index in [1.165, 1.54) is 4.68 Å². The highest BCUT2D eigenvalue weighted by Gasteiger charge is 2.08. The molecule has 7 nitrogen and oxygen atoms in total. The smallest absolute Gasteiger partial charge is 0.204 e. The van der Waals surface area contributed by atoms with Gasteiger partial charge >= 0.3 is 0 Å². The number of nitrogens with two attached hydrogens (primary N) is 1. The normalized spacial score (nSPS) is 10.7. The molecule has 3 aromatic rings. The number of nitrogens with zero attached hydrogens (tertiary/aromatic N) is 5. The first-order valence-electron chi connectivity index (χ1n) is 5.39. The van der Waals surface area contributed by atoms with E-state index in [0.29, 0.717) is 5.82 Å². The van der Waals surface area contributed by atoms with Crippen molar-refractivity contribution in [3.8, 4) is 22.6 Å². The number of rotatable bonds is 2. The number of tetrazole rings is 1. The molecular formula is C11H11N7. The van der Waals surface area contributed by atoms with Crippen LogP contribution in [0.2, 0.25) is 0 Å². The van der Waals surface area contributed by atoms with Crippen LogP contribution in [0.15, 0.2) is 30.5 Å². The van der Waals surface area contributed by atoms with Gasteiger partial charge in [0.2, 0.25) is 5.82 Å². The van der Waals surface area contributed by atoms with Gasteiger partial charge in [-0.15, -0.1) is 10.2 Å². The highest BCUT2D eigenvalue weighted by Crippen LogP contribution is 2.22. The van der Waals surface area contributed by atoms with Gasteiger partial charge in [-0.05, 0) is 18.2 Å². The maximum atomic E-state index is 5.73. The van der Waals surface area contributed by atoms with Crippen molar-refractivity contribution in [3.05, 3.63) is 36.3 Å². The van der Waals surface area contributed by atoms with Gasteiger partial charge in [0.05, 0.1) is 11.9 Å². The van der Waals surface area contributed by atoms with Crippen molar-refractivity contribution in [3.63, 3.8) is 0 Å². The summed E-state index contributed by atoms with van der Waals surface area (Å²) in [6.45, 7) is 1.85. The summed E-state index contributed by atoms with van der Waals surface area (Å²) < 4.78 is 1.50. The number of aromatic nitrogens is 6. The zero-order valence-electron chi connectivity index (χ0n) is 9.70. The average Bonchev–Trinajstić information content (AvgIpc) is 3.01. The van der Waals surface area contributed by atoms with E-state index in [-0.39, 0.29) is 0 Å². The van der Waals surface area contributed by atoms with Crippen LogP contribution in [0.4, 0.5) is 0 Å². The summed E-state index contributed by atoms with van der Waals surface area (Å²) in [5.74, 6) is 7.04. The van der Waals surface area contributed by atoms with E-state index in [9.17, 15) is 0 Å². The van der Waals surface area contributed by atoms with Crippen LogP contribution in [0.25, 0.3) is 22.6 Å². The molecule has 0 aliphatic rings. The Morgan fingerprint density at radius 3 is 2.78 bits per heavy atom. The Labute approximate surface area is 103 Å². The lowest BCUT2D eigenvalue weighted by atomic mass is 10.1. The molecule has 0 aliphatic carbocycles. The predicted octanol–water partition coefficient (Wildman–Crippen LogP) is 0.752. The molecule has 1 aromatic carbocycles. The van der Waals surface area contributed by atoms with Crippen LogP contribution in [0, 0.1) is 6.92 Å². The maximum Gasteiger partial charge on any atom is 0.204 e. The second-order valence-electron chi connectivity index (χ2n) is 3.90. The van der Waals surface area contributed by atoms with Gasteiger partial charge in [-0.25, -0.2) is 4.98 Å². The summed E-state index contributed by atoms with van der Waals surface area (Å²) >= 11 is 0. The van der Waals surface area contributed by atoms with E-state index in [0.717, 1.165) is 22.6 Å². The van der Waals surface area contributed by atoms with Crippen LogP contribution in [0.1, 0.15) is 5.82 Å². The zero-order valence-corrected chi connectivity index (χ0v) is 9.70. The van der Waals surface area contributed by atoms with Crippen molar-refractivity contribution in [2.45, 2.75) is 6.92 Å². The van der Waals surface area contributed by atoms with Crippen LogP contribution in [0.5, 0.6) is 0 Å². The third-order valence-corrected chi connectivity index (χ3v) is 2.68. The van der Waals surface area contributed by atoms with E-state index >= 15 is 0 Å². The number of imidazole rings is 1. The predicted molar refractivity (Wildman–Crippen MR) is 65.7 cm³/mol. The van der Waals surface area contributed by atoms with Gasteiger partial charge in [-0.1, -0.05) is 18.2 Å². The molecule has 0 atom stereocenters. The molecule has 0 bridgehead atoms. The molecule has 3 N–H and O–H groups in total. The molecule has 7 heteroatoms. The fourth-order valence-corrected chi connectivity index (χ4v) is 1.73. The Morgan fingerprint density at radius 2 is 2.11 bits per heavy atom. The number of nitrogens with one attached hydrogen (secondary N) is 1. The molecule has 2 aromatic heterocycles. The summed E-state index contributed by atoms with van der Waals surface area (Å²) in [6, 6.07) is 7.75. The lowest BCUT2D eigenvalue weighted by Crippen LogP contribution is -2.07. The third-order valence-electron chi connectivity index (χ3n) is 2.68. The first-order chi connectivity index (χ1) is 8.74. The quantitative estimate of drug-likeness (QED) is 0.645. The SMILES string of the molecule is Cc1nc(-c2cccc(-c3nn[nH]n3)c2)cn1N. The molecule has 0 aliphatic heterocycles. The number of aryl methyl sites for hydroxylation is 1. The number of hydrogen-bond acceptors (Lipinski definition) is 5. The second-order valence-corrected chi connectivity index (χ2v) is 3.90. The van der Waals surface area contributed by atoms with Crippen molar-refractivity contribution in [1.29, 1.82) is 0 Å². The van der Waals surface area contributed by atoms with E-state index in [2.05, 4.69) is 25.6 Å². The number of nitrogen functional groups attached to an aromatic ring is 1. The standard InChI is InChI=1S/C11H11N7/c1-7-13-10(6-18(7)12)8-3-2-4-9(5-8)11-14-16-17-15-11/h2-6H,12H2,1H3,(H,14,15,16,17). The van der Waals surface area contributed by atoms with E-state index in [1.807, 2.05) is 31.2 Å².